The smallest absolute Gasteiger partial charge is 0.196 e. The molecule has 0 aliphatic heterocycles. The van der Waals surface area contributed by atoms with Gasteiger partial charge >= 0.3 is 0 Å². The van der Waals surface area contributed by atoms with Crippen molar-refractivity contribution in [2.75, 3.05) is 0 Å². The van der Waals surface area contributed by atoms with Gasteiger partial charge in [-0.3, -0.25) is 4.40 Å². The zero-order chi connectivity index (χ0) is 16.7. The summed E-state index contributed by atoms with van der Waals surface area (Å²) in [4.78, 5) is 0. The average molecular weight is 354 g/mol. The molecule has 0 saturated heterocycles. The topological polar surface area (TPSA) is 30.2 Å². The minimum atomic E-state index is 0.742. The van der Waals surface area contributed by atoms with Crippen molar-refractivity contribution in [3.05, 3.63) is 70.2 Å². The second kappa shape index (κ2) is 6.11. The summed E-state index contributed by atoms with van der Waals surface area (Å²) in [6.45, 7) is 4.18. The fourth-order valence-electron chi connectivity index (χ4n) is 2.82. The summed E-state index contributed by atoms with van der Waals surface area (Å²) < 4.78 is 2.11. The van der Waals surface area contributed by atoms with E-state index in [1.807, 2.05) is 18.2 Å². The quantitative estimate of drug-likeness (QED) is 0.459. The number of fused-ring (bicyclic) bond motifs is 3. The predicted octanol–water partition coefficient (Wildman–Crippen LogP) is 5.45. The number of aryl methyl sites for hydroxylation is 2. The number of rotatable bonds is 3. The molecule has 24 heavy (non-hydrogen) atoms. The lowest BCUT2D eigenvalue weighted by molar-refractivity contribution is 0.939. The molecule has 2 aromatic carbocycles. The summed E-state index contributed by atoms with van der Waals surface area (Å²) in [5.74, 6) is 0.865. The summed E-state index contributed by atoms with van der Waals surface area (Å²) in [6.07, 6.45) is 0. The molecule has 4 aromatic rings. The van der Waals surface area contributed by atoms with Crippen LogP contribution >= 0.6 is 23.4 Å². The Kier molecular flexibility index (Phi) is 3.94. The van der Waals surface area contributed by atoms with E-state index < -0.39 is 0 Å². The van der Waals surface area contributed by atoms with Gasteiger partial charge in [-0.1, -0.05) is 53.2 Å². The van der Waals surface area contributed by atoms with Crippen molar-refractivity contribution in [1.29, 1.82) is 0 Å². The molecule has 0 unspecified atom stereocenters. The molecule has 0 atom stereocenters. The Morgan fingerprint density at radius 3 is 2.58 bits per heavy atom. The van der Waals surface area contributed by atoms with E-state index in [4.69, 9.17) is 11.6 Å². The minimum Gasteiger partial charge on any atom is -0.270 e. The highest BCUT2D eigenvalue weighted by Crippen LogP contribution is 2.29. The van der Waals surface area contributed by atoms with Gasteiger partial charge in [0.25, 0.3) is 0 Å². The molecule has 0 N–H and O–H groups in total. The summed E-state index contributed by atoms with van der Waals surface area (Å²) >= 11 is 7.86. The minimum absolute atomic E-state index is 0.742. The van der Waals surface area contributed by atoms with Crippen LogP contribution in [0.15, 0.2) is 53.7 Å². The van der Waals surface area contributed by atoms with E-state index in [1.165, 1.54) is 11.1 Å². The van der Waals surface area contributed by atoms with E-state index in [2.05, 4.69) is 58.8 Å². The number of pyridine rings is 1. The summed E-state index contributed by atoms with van der Waals surface area (Å²) in [6, 6.07) is 16.6. The number of hydrogen-bond acceptors (Lipinski definition) is 3. The Morgan fingerprint density at radius 2 is 1.79 bits per heavy atom. The molecule has 0 spiro atoms. The number of aromatic nitrogens is 3. The largest absolute Gasteiger partial charge is 0.270 e. The highest BCUT2D eigenvalue weighted by molar-refractivity contribution is 7.98. The molecule has 2 aromatic heterocycles. The molecule has 5 heteroatoms. The second-order valence-electron chi connectivity index (χ2n) is 5.94. The van der Waals surface area contributed by atoms with Gasteiger partial charge in [0.15, 0.2) is 10.8 Å². The highest BCUT2D eigenvalue weighted by Gasteiger charge is 2.12. The summed E-state index contributed by atoms with van der Waals surface area (Å²) in [7, 11) is 0. The van der Waals surface area contributed by atoms with Crippen LogP contribution in [0.4, 0.5) is 0 Å². The first kappa shape index (κ1) is 15.5. The molecule has 120 valence electrons. The van der Waals surface area contributed by atoms with Crippen LogP contribution in [0, 0.1) is 13.8 Å². The Labute approximate surface area is 149 Å². The Bertz CT molecular complexity index is 1040. The Morgan fingerprint density at radius 1 is 1.00 bits per heavy atom. The molecule has 0 bridgehead atoms. The maximum atomic E-state index is 6.16. The van der Waals surface area contributed by atoms with Crippen LogP contribution in [0.3, 0.4) is 0 Å². The fourth-order valence-corrected chi connectivity index (χ4v) is 3.90. The summed E-state index contributed by atoms with van der Waals surface area (Å²) in [5.41, 5.74) is 5.67. The fraction of sp³-hybridized carbons (Fsp3) is 0.158. The van der Waals surface area contributed by atoms with Crippen LogP contribution in [0.1, 0.15) is 16.7 Å². The van der Waals surface area contributed by atoms with E-state index >= 15 is 0 Å². The third kappa shape index (κ3) is 2.76. The maximum absolute atomic E-state index is 6.16. The van der Waals surface area contributed by atoms with Gasteiger partial charge in [0, 0.05) is 16.2 Å². The molecule has 0 amide bonds. The molecular weight excluding hydrogens is 338 g/mol. The first-order valence-corrected chi connectivity index (χ1v) is 9.10. The van der Waals surface area contributed by atoms with Gasteiger partial charge in [-0.2, -0.15) is 0 Å². The third-order valence-electron chi connectivity index (χ3n) is 4.12. The molecule has 0 aliphatic carbocycles. The zero-order valence-corrected chi connectivity index (χ0v) is 15.0. The lowest BCUT2D eigenvalue weighted by Crippen LogP contribution is -1.93. The van der Waals surface area contributed by atoms with Crippen molar-refractivity contribution >= 4 is 39.9 Å². The molecule has 3 nitrogen and oxygen atoms in total. The lowest BCUT2D eigenvalue weighted by atomic mass is 10.1. The van der Waals surface area contributed by atoms with Crippen molar-refractivity contribution in [3.63, 3.8) is 0 Å². The van der Waals surface area contributed by atoms with E-state index in [1.54, 1.807) is 11.8 Å². The standard InChI is InChI=1S/C19H16ClN3S/c1-12-3-5-14(6-4-12)11-24-19-22-21-18-9-13(2)16-10-15(20)7-8-17(16)23(18)19/h3-10H,11H2,1-2H3. The molecule has 2 heterocycles. The van der Waals surface area contributed by atoms with Crippen LogP contribution in [0.5, 0.6) is 0 Å². The number of halogens is 1. The predicted molar refractivity (Wildman–Crippen MR) is 101 cm³/mol. The van der Waals surface area contributed by atoms with E-state index in [0.717, 1.165) is 38.0 Å². The monoisotopic (exact) mass is 353 g/mol. The zero-order valence-electron chi connectivity index (χ0n) is 13.5. The van der Waals surface area contributed by atoms with Crippen molar-refractivity contribution in [1.82, 2.24) is 14.6 Å². The third-order valence-corrected chi connectivity index (χ3v) is 5.35. The number of nitrogens with zero attached hydrogens (tertiary/aromatic N) is 3. The normalized spacial score (nSPS) is 11.5. The van der Waals surface area contributed by atoms with E-state index in [9.17, 15) is 0 Å². The van der Waals surface area contributed by atoms with Crippen molar-refractivity contribution in [2.24, 2.45) is 0 Å². The van der Waals surface area contributed by atoms with Crippen LogP contribution in [-0.2, 0) is 5.75 Å². The number of thioether (sulfide) groups is 1. The average Bonchev–Trinajstić information content (AvgIpc) is 2.97. The molecule has 4 rings (SSSR count). The molecule has 0 radical (unpaired) electrons. The lowest BCUT2D eigenvalue weighted by Gasteiger charge is -2.08. The van der Waals surface area contributed by atoms with Gasteiger partial charge in [0.2, 0.25) is 0 Å². The van der Waals surface area contributed by atoms with E-state index in [0.29, 0.717) is 0 Å². The van der Waals surface area contributed by atoms with Crippen LogP contribution in [0.2, 0.25) is 5.02 Å². The molecule has 0 saturated carbocycles. The van der Waals surface area contributed by atoms with Crippen molar-refractivity contribution in [2.45, 2.75) is 24.8 Å². The number of benzene rings is 2. The maximum Gasteiger partial charge on any atom is 0.196 e. The molecular formula is C19H16ClN3S. The SMILES string of the molecule is Cc1ccc(CSc2nnc3cc(C)c4cc(Cl)ccc4n23)cc1. The van der Waals surface area contributed by atoms with Gasteiger partial charge in [-0.15, -0.1) is 10.2 Å². The summed E-state index contributed by atoms with van der Waals surface area (Å²) in [5, 5.41) is 11.5. The Hall–Kier alpha value is -2.04. The van der Waals surface area contributed by atoms with Crippen molar-refractivity contribution < 1.29 is 0 Å². The first-order valence-electron chi connectivity index (χ1n) is 7.74. The van der Waals surface area contributed by atoms with Gasteiger partial charge in [-0.25, -0.2) is 0 Å². The van der Waals surface area contributed by atoms with Gasteiger partial charge in [0.1, 0.15) is 0 Å². The highest BCUT2D eigenvalue weighted by atomic mass is 35.5. The van der Waals surface area contributed by atoms with Crippen LogP contribution in [0.25, 0.3) is 16.6 Å². The second-order valence-corrected chi connectivity index (χ2v) is 7.32. The Balaban J connectivity index is 1.77. The number of hydrogen-bond donors (Lipinski definition) is 0. The van der Waals surface area contributed by atoms with Gasteiger partial charge in [-0.05, 0) is 49.2 Å². The van der Waals surface area contributed by atoms with Gasteiger partial charge < -0.3 is 0 Å². The molecule has 0 aliphatic rings. The van der Waals surface area contributed by atoms with Crippen LogP contribution < -0.4 is 0 Å². The van der Waals surface area contributed by atoms with Gasteiger partial charge in [0.05, 0.1) is 5.52 Å². The van der Waals surface area contributed by atoms with Crippen LogP contribution in [-0.4, -0.2) is 14.6 Å². The van der Waals surface area contributed by atoms with Crippen molar-refractivity contribution in [3.8, 4) is 0 Å². The molecule has 0 fully saturated rings. The first-order chi connectivity index (χ1) is 11.6. The van der Waals surface area contributed by atoms with E-state index in [-0.39, 0.29) is 0 Å².